The van der Waals surface area contributed by atoms with E-state index in [2.05, 4.69) is 57.3 Å². The van der Waals surface area contributed by atoms with Gasteiger partial charge in [-0.3, -0.25) is 9.59 Å². The number of carbonyl (C=O) groups is 2. The van der Waals surface area contributed by atoms with Gasteiger partial charge in [-0.2, -0.15) is 10.2 Å². The van der Waals surface area contributed by atoms with E-state index in [1.165, 1.54) is 18.0 Å². The molecule has 2 heterocycles. The first kappa shape index (κ1) is 23.9. The van der Waals surface area contributed by atoms with Gasteiger partial charge in [-0.05, 0) is 74.7 Å². The van der Waals surface area contributed by atoms with Crippen LogP contribution in [-0.4, -0.2) is 33.2 Å². The number of esters is 1. The van der Waals surface area contributed by atoms with E-state index in [0.29, 0.717) is 30.7 Å². The lowest BCUT2D eigenvalue weighted by Gasteiger charge is -2.17. The van der Waals surface area contributed by atoms with E-state index in [0.717, 1.165) is 28.2 Å². The summed E-state index contributed by atoms with van der Waals surface area (Å²) in [7, 11) is 0. The number of nitrogens with one attached hydrogen (secondary N) is 1. The van der Waals surface area contributed by atoms with Crippen molar-refractivity contribution < 1.29 is 14.3 Å². The van der Waals surface area contributed by atoms with E-state index in [4.69, 9.17) is 4.74 Å². The van der Waals surface area contributed by atoms with Crippen LogP contribution in [0, 0.1) is 13.8 Å². The fourth-order valence-corrected chi connectivity index (χ4v) is 3.99. The Kier molecular flexibility index (Phi) is 7.35. The van der Waals surface area contributed by atoms with Gasteiger partial charge in [-0.1, -0.05) is 29.8 Å². The number of amides is 1. The van der Waals surface area contributed by atoms with Crippen molar-refractivity contribution in [3.63, 3.8) is 0 Å². The lowest BCUT2D eigenvalue weighted by atomic mass is 10.1. The van der Waals surface area contributed by atoms with Crippen molar-refractivity contribution in [2.75, 3.05) is 11.9 Å². The highest BCUT2D eigenvalue weighted by Gasteiger charge is 2.17. The van der Waals surface area contributed by atoms with Crippen LogP contribution in [0.25, 0.3) is 16.9 Å². The Balaban J connectivity index is 1.69. The average Bonchev–Trinajstić information content (AvgIpc) is 3.27. The highest BCUT2D eigenvalue weighted by atomic mass is 16.5. The van der Waals surface area contributed by atoms with Gasteiger partial charge in [0.1, 0.15) is 0 Å². The lowest BCUT2D eigenvalue weighted by molar-refractivity contribution is -0.143. The highest BCUT2D eigenvalue weighted by Crippen LogP contribution is 2.30. The first-order chi connectivity index (χ1) is 17.0. The van der Waals surface area contributed by atoms with Crippen molar-refractivity contribution in [3.05, 3.63) is 95.4 Å². The van der Waals surface area contributed by atoms with Crippen molar-refractivity contribution >= 4 is 17.6 Å². The van der Waals surface area contributed by atoms with Crippen molar-refractivity contribution in [2.24, 2.45) is 0 Å². The van der Waals surface area contributed by atoms with Crippen LogP contribution in [0.15, 0.2) is 73.1 Å². The molecule has 4 aromatic rings. The zero-order chi connectivity index (χ0) is 24.8. The molecular formula is C28H28N4O3. The third-order valence-electron chi connectivity index (χ3n) is 5.74. The number of nitrogens with zero attached hydrogens (tertiary/aromatic N) is 3. The summed E-state index contributed by atoms with van der Waals surface area (Å²) >= 11 is 0. The SMILES string of the molecule is CCOC(=O)CCc1ccc(-c2ccc(C)cc2)n1-c1ccc(C(=O)Nc2ccnnc2)cc1C. The summed E-state index contributed by atoms with van der Waals surface area (Å²) in [5.41, 5.74) is 7.29. The third-order valence-corrected chi connectivity index (χ3v) is 5.74. The number of rotatable bonds is 8. The summed E-state index contributed by atoms with van der Waals surface area (Å²) in [6, 6.07) is 19.8. The van der Waals surface area contributed by atoms with Crippen LogP contribution < -0.4 is 5.32 Å². The molecule has 0 bridgehead atoms. The summed E-state index contributed by atoms with van der Waals surface area (Å²) in [6.45, 7) is 6.21. The van der Waals surface area contributed by atoms with E-state index >= 15 is 0 Å². The van der Waals surface area contributed by atoms with Gasteiger partial charge >= 0.3 is 5.97 Å². The quantitative estimate of drug-likeness (QED) is 0.355. The van der Waals surface area contributed by atoms with Gasteiger partial charge < -0.3 is 14.6 Å². The fourth-order valence-electron chi connectivity index (χ4n) is 3.99. The largest absolute Gasteiger partial charge is 0.466 e. The molecule has 0 atom stereocenters. The Morgan fingerprint density at radius 1 is 0.971 bits per heavy atom. The van der Waals surface area contributed by atoms with Gasteiger partial charge in [0.05, 0.1) is 36.8 Å². The second kappa shape index (κ2) is 10.8. The Bertz CT molecular complexity index is 1330. The van der Waals surface area contributed by atoms with E-state index in [-0.39, 0.29) is 11.9 Å². The molecule has 1 N–H and O–H groups in total. The normalized spacial score (nSPS) is 10.7. The molecular weight excluding hydrogens is 440 g/mol. The molecule has 0 spiro atoms. The Morgan fingerprint density at radius 3 is 2.46 bits per heavy atom. The van der Waals surface area contributed by atoms with Crippen molar-refractivity contribution in [2.45, 2.75) is 33.6 Å². The zero-order valence-corrected chi connectivity index (χ0v) is 20.1. The van der Waals surface area contributed by atoms with Gasteiger partial charge in [0.2, 0.25) is 0 Å². The molecule has 0 aliphatic carbocycles. The van der Waals surface area contributed by atoms with Crippen LogP contribution in [0.4, 0.5) is 5.69 Å². The van der Waals surface area contributed by atoms with Gasteiger partial charge in [0.25, 0.3) is 5.91 Å². The Hall–Kier alpha value is -4.26. The lowest BCUT2D eigenvalue weighted by Crippen LogP contribution is -2.13. The number of aryl methyl sites for hydroxylation is 3. The molecule has 7 nitrogen and oxygen atoms in total. The molecule has 35 heavy (non-hydrogen) atoms. The summed E-state index contributed by atoms with van der Waals surface area (Å²) < 4.78 is 7.29. The molecule has 7 heteroatoms. The van der Waals surface area contributed by atoms with Crippen molar-refractivity contribution in [1.29, 1.82) is 0 Å². The van der Waals surface area contributed by atoms with Crippen LogP contribution in [-0.2, 0) is 16.0 Å². The zero-order valence-electron chi connectivity index (χ0n) is 20.1. The van der Waals surface area contributed by atoms with Crippen LogP contribution >= 0.6 is 0 Å². The molecule has 0 fully saturated rings. The Labute approximate surface area is 204 Å². The van der Waals surface area contributed by atoms with Gasteiger partial charge in [-0.15, -0.1) is 0 Å². The maximum atomic E-state index is 12.8. The first-order valence-electron chi connectivity index (χ1n) is 11.6. The molecule has 2 aromatic carbocycles. The van der Waals surface area contributed by atoms with E-state index in [1.54, 1.807) is 12.1 Å². The molecule has 0 unspecified atom stereocenters. The van der Waals surface area contributed by atoms with Crippen molar-refractivity contribution in [3.8, 4) is 16.9 Å². The standard InChI is InChI=1S/C28H28N4O3/c1-4-35-27(33)14-11-24-10-13-26(21-7-5-19(2)6-8-21)32(24)25-12-9-22(17-20(25)3)28(34)31-23-15-16-29-30-18-23/h5-10,12-13,15-18H,4,11,14H2,1-3H3,(H,29,31,34). The maximum Gasteiger partial charge on any atom is 0.306 e. The molecule has 0 aliphatic rings. The molecule has 0 aliphatic heterocycles. The number of anilines is 1. The average molecular weight is 469 g/mol. The fraction of sp³-hybridized carbons (Fsp3) is 0.214. The van der Waals surface area contributed by atoms with Gasteiger partial charge in [0, 0.05) is 16.9 Å². The molecule has 0 saturated heterocycles. The minimum Gasteiger partial charge on any atom is -0.466 e. The number of ether oxygens (including phenoxy) is 1. The molecule has 0 radical (unpaired) electrons. The number of benzene rings is 2. The van der Waals surface area contributed by atoms with Gasteiger partial charge in [-0.25, -0.2) is 0 Å². The first-order valence-corrected chi connectivity index (χ1v) is 11.6. The summed E-state index contributed by atoms with van der Waals surface area (Å²) in [6.07, 6.45) is 3.87. The Morgan fingerprint density at radius 2 is 1.77 bits per heavy atom. The van der Waals surface area contributed by atoms with E-state index < -0.39 is 0 Å². The molecule has 0 saturated carbocycles. The minimum absolute atomic E-state index is 0.216. The number of hydrogen-bond acceptors (Lipinski definition) is 5. The van der Waals surface area contributed by atoms with Crippen LogP contribution in [0.1, 0.15) is 40.5 Å². The third kappa shape index (κ3) is 5.63. The summed E-state index contributed by atoms with van der Waals surface area (Å²) in [5.74, 6) is -0.437. The smallest absolute Gasteiger partial charge is 0.306 e. The monoisotopic (exact) mass is 468 g/mol. The topological polar surface area (TPSA) is 86.1 Å². The molecule has 1 amide bonds. The maximum absolute atomic E-state index is 12.8. The van der Waals surface area contributed by atoms with Gasteiger partial charge in [0.15, 0.2) is 0 Å². The molecule has 4 rings (SSSR count). The van der Waals surface area contributed by atoms with Crippen LogP contribution in [0.5, 0.6) is 0 Å². The minimum atomic E-state index is -0.221. The van der Waals surface area contributed by atoms with Crippen LogP contribution in [0.3, 0.4) is 0 Å². The molecule has 2 aromatic heterocycles. The molecule has 178 valence electrons. The van der Waals surface area contributed by atoms with Crippen LogP contribution in [0.2, 0.25) is 0 Å². The predicted octanol–water partition coefficient (Wildman–Crippen LogP) is 5.30. The predicted molar refractivity (Wildman–Crippen MR) is 136 cm³/mol. The number of carbonyl (C=O) groups excluding carboxylic acids is 2. The number of hydrogen-bond donors (Lipinski definition) is 1. The van der Waals surface area contributed by atoms with Crippen molar-refractivity contribution in [1.82, 2.24) is 14.8 Å². The number of aromatic nitrogens is 3. The summed E-state index contributed by atoms with van der Waals surface area (Å²) in [5, 5.41) is 10.4. The second-order valence-electron chi connectivity index (χ2n) is 8.30. The second-order valence-corrected chi connectivity index (χ2v) is 8.30. The van der Waals surface area contributed by atoms with E-state index in [9.17, 15) is 9.59 Å². The highest BCUT2D eigenvalue weighted by molar-refractivity contribution is 6.04. The summed E-state index contributed by atoms with van der Waals surface area (Å²) in [4.78, 5) is 24.8. The van der Waals surface area contributed by atoms with E-state index in [1.807, 2.05) is 32.0 Å².